The highest BCUT2D eigenvalue weighted by Crippen LogP contribution is 2.16. The van der Waals surface area contributed by atoms with E-state index in [0.29, 0.717) is 6.54 Å². The smallest absolute Gasteiger partial charge is 0.0620 e. The van der Waals surface area contributed by atoms with Gasteiger partial charge in [0.1, 0.15) is 0 Å². The van der Waals surface area contributed by atoms with Gasteiger partial charge in [-0.2, -0.15) is 5.10 Å². The first-order chi connectivity index (χ1) is 8.22. The maximum atomic E-state index is 5.84. The Morgan fingerprint density at radius 1 is 1.53 bits per heavy atom. The van der Waals surface area contributed by atoms with Crippen molar-refractivity contribution in [3.05, 3.63) is 17.5 Å². The summed E-state index contributed by atoms with van der Waals surface area (Å²) < 4.78 is 7.19. The first-order valence-corrected chi connectivity index (χ1v) is 5.99. The molecule has 0 spiro atoms. The molecular weight excluding hydrogens is 218 g/mol. The van der Waals surface area contributed by atoms with Crippen LogP contribution in [0, 0.1) is 6.92 Å². The van der Waals surface area contributed by atoms with Crippen LogP contribution in [0.2, 0.25) is 0 Å². The summed E-state index contributed by atoms with van der Waals surface area (Å²) in [5, 5.41) is 6.43. The number of hydrazine groups is 1. The summed E-state index contributed by atoms with van der Waals surface area (Å²) in [6.07, 6.45) is 1.89. The van der Waals surface area contributed by atoms with Crippen molar-refractivity contribution in [2.45, 2.75) is 13.0 Å². The van der Waals surface area contributed by atoms with Crippen LogP contribution in [0.4, 0.5) is 0 Å². The third-order valence-electron chi connectivity index (χ3n) is 3.23. The van der Waals surface area contributed by atoms with Gasteiger partial charge in [-0.15, -0.1) is 0 Å². The highest BCUT2D eigenvalue weighted by molar-refractivity contribution is 5.20. The minimum absolute atomic E-state index is 0.127. The lowest BCUT2D eigenvalue weighted by molar-refractivity contribution is 0.00400. The van der Waals surface area contributed by atoms with E-state index < -0.39 is 0 Å². The average Bonchev–Trinajstić information content (AvgIpc) is 2.69. The molecule has 1 aromatic heterocycles. The van der Waals surface area contributed by atoms with Crippen LogP contribution in [-0.2, 0) is 11.8 Å². The Morgan fingerprint density at radius 2 is 2.24 bits per heavy atom. The number of nitrogens with two attached hydrogens (primary N) is 1. The number of aryl methyl sites for hydroxylation is 1. The van der Waals surface area contributed by atoms with Gasteiger partial charge in [-0.3, -0.25) is 4.68 Å². The van der Waals surface area contributed by atoms with E-state index in [1.165, 1.54) is 5.56 Å². The van der Waals surface area contributed by atoms with Crippen molar-refractivity contribution >= 4 is 0 Å². The first-order valence-electron chi connectivity index (χ1n) is 5.99. The van der Waals surface area contributed by atoms with Crippen molar-refractivity contribution in [3.63, 3.8) is 0 Å². The fourth-order valence-corrected chi connectivity index (χ4v) is 2.02. The number of rotatable bonds is 4. The fourth-order valence-electron chi connectivity index (χ4n) is 2.02. The van der Waals surface area contributed by atoms with E-state index >= 15 is 0 Å². The number of hydrogen-bond donors (Lipinski definition) is 2. The first kappa shape index (κ1) is 12.5. The van der Waals surface area contributed by atoms with Crippen molar-refractivity contribution in [2.75, 3.05) is 32.8 Å². The van der Waals surface area contributed by atoms with Gasteiger partial charge in [0.05, 0.1) is 25.5 Å². The maximum Gasteiger partial charge on any atom is 0.0620 e. The summed E-state index contributed by atoms with van der Waals surface area (Å²) in [6.45, 7) is 5.97. The van der Waals surface area contributed by atoms with Crippen molar-refractivity contribution in [1.29, 1.82) is 0 Å². The molecule has 1 aliphatic heterocycles. The lowest BCUT2D eigenvalue weighted by atomic mass is 10.1. The van der Waals surface area contributed by atoms with E-state index in [4.69, 9.17) is 10.5 Å². The zero-order chi connectivity index (χ0) is 12.3. The number of hydrogen-bond acceptors (Lipinski definition) is 5. The highest BCUT2D eigenvalue weighted by atomic mass is 16.5. The topological polar surface area (TPSA) is 68.3 Å². The molecule has 96 valence electrons. The molecule has 1 fully saturated rings. The molecule has 0 radical (unpaired) electrons. The quantitative estimate of drug-likeness (QED) is 0.746. The fraction of sp³-hybridized carbons (Fsp3) is 0.727. The normalized spacial score (nSPS) is 19.5. The Kier molecular flexibility index (Phi) is 4.11. The Labute approximate surface area is 102 Å². The molecule has 1 unspecified atom stereocenters. The van der Waals surface area contributed by atoms with Crippen LogP contribution < -0.4 is 11.2 Å². The maximum absolute atomic E-state index is 5.84. The van der Waals surface area contributed by atoms with Crippen LogP contribution in [0.3, 0.4) is 0 Å². The summed E-state index contributed by atoms with van der Waals surface area (Å²) >= 11 is 0. The molecule has 3 N–H and O–H groups in total. The lowest BCUT2D eigenvalue weighted by Crippen LogP contribution is -2.48. The highest BCUT2D eigenvalue weighted by Gasteiger charge is 2.19. The van der Waals surface area contributed by atoms with Crippen LogP contribution in [0.5, 0.6) is 0 Å². The summed E-state index contributed by atoms with van der Waals surface area (Å²) in [5.74, 6) is 0. The number of aromatic nitrogens is 2. The van der Waals surface area contributed by atoms with Gasteiger partial charge < -0.3 is 10.5 Å². The zero-order valence-corrected chi connectivity index (χ0v) is 10.5. The standard InChI is InChI=1S/C11H21N5O/c1-9-10(8-13-15(9)2)11(7-12)14-16-3-5-17-6-4-16/h8,11,14H,3-7,12H2,1-2H3. The molecule has 1 atom stereocenters. The van der Waals surface area contributed by atoms with Crippen LogP contribution in [0.1, 0.15) is 17.3 Å². The molecule has 0 amide bonds. The molecule has 1 aliphatic rings. The molecule has 2 heterocycles. The molecule has 0 aliphatic carbocycles. The van der Waals surface area contributed by atoms with E-state index in [1.54, 1.807) is 0 Å². The Morgan fingerprint density at radius 3 is 2.76 bits per heavy atom. The number of nitrogens with zero attached hydrogens (tertiary/aromatic N) is 3. The van der Waals surface area contributed by atoms with Gasteiger partial charge in [-0.05, 0) is 6.92 Å². The SMILES string of the molecule is Cc1c(C(CN)NN2CCOCC2)cnn1C. The number of ether oxygens (including phenoxy) is 1. The van der Waals surface area contributed by atoms with Gasteiger partial charge in [-0.1, -0.05) is 0 Å². The summed E-state index contributed by atoms with van der Waals surface area (Å²) in [5.41, 5.74) is 11.6. The molecule has 1 aromatic rings. The minimum Gasteiger partial charge on any atom is -0.379 e. The second-order valence-corrected chi connectivity index (χ2v) is 4.33. The van der Waals surface area contributed by atoms with Crippen LogP contribution in [0.25, 0.3) is 0 Å². The van der Waals surface area contributed by atoms with E-state index in [0.717, 1.165) is 32.0 Å². The molecule has 0 aromatic carbocycles. The summed E-state index contributed by atoms with van der Waals surface area (Å²) in [6, 6.07) is 0.127. The van der Waals surface area contributed by atoms with Crippen LogP contribution in [-0.4, -0.2) is 47.6 Å². The van der Waals surface area contributed by atoms with E-state index in [1.807, 2.05) is 17.9 Å². The third-order valence-corrected chi connectivity index (χ3v) is 3.23. The largest absolute Gasteiger partial charge is 0.379 e. The van der Waals surface area contributed by atoms with Gasteiger partial charge in [0.2, 0.25) is 0 Å². The minimum atomic E-state index is 0.127. The van der Waals surface area contributed by atoms with Crippen molar-refractivity contribution < 1.29 is 4.74 Å². The van der Waals surface area contributed by atoms with Crippen LogP contribution >= 0.6 is 0 Å². The van der Waals surface area contributed by atoms with E-state index in [-0.39, 0.29) is 6.04 Å². The van der Waals surface area contributed by atoms with Gasteiger partial charge in [-0.25, -0.2) is 10.4 Å². The third kappa shape index (κ3) is 2.84. The lowest BCUT2D eigenvalue weighted by Gasteiger charge is -2.31. The second kappa shape index (κ2) is 5.59. The number of morpholine rings is 1. The monoisotopic (exact) mass is 239 g/mol. The molecule has 6 nitrogen and oxygen atoms in total. The summed E-state index contributed by atoms with van der Waals surface area (Å²) in [7, 11) is 1.95. The van der Waals surface area contributed by atoms with Gasteiger partial charge in [0.25, 0.3) is 0 Å². The Bertz CT molecular complexity index is 359. The molecule has 2 rings (SSSR count). The molecule has 17 heavy (non-hydrogen) atoms. The average molecular weight is 239 g/mol. The van der Waals surface area contributed by atoms with Crippen molar-refractivity contribution in [3.8, 4) is 0 Å². The molecule has 0 saturated carbocycles. The predicted molar refractivity (Wildman–Crippen MR) is 65.3 cm³/mol. The van der Waals surface area contributed by atoms with Crippen molar-refractivity contribution in [1.82, 2.24) is 20.2 Å². The van der Waals surface area contributed by atoms with Gasteiger partial charge in [0, 0.05) is 37.9 Å². The number of nitrogens with one attached hydrogen (secondary N) is 1. The Balaban J connectivity index is 2.03. The molecular formula is C11H21N5O. The van der Waals surface area contributed by atoms with Crippen LogP contribution in [0.15, 0.2) is 6.20 Å². The molecule has 0 bridgehead atoms. The second-order valence-electron chi connectivity index (χ2n) is 4.33. The van der Waals surface area contributed by atoms with Gasteiger partial charge in [0.15, 0.2) is 0 Å². The zero-order valence-electron chi connectivity index (χ0n) is 10.5. The van der Waals surface area contributed by atoms with E-state index in [2.05, 4.69) is 22.5 Å². The van der Waals surface area contributed by atoms with Gasteiger partial charge >= 0.3 is 0 Å². The Hall–Kier alpha value is -0.950. The molecule has 1 saturated heterocycles. The van der Waals surface area contributed by atoms with Crippen molar-refractivity contribution in [2.24, 2.45) is 12.8 Å². The predicted octanol–water partition coefficient (Wildman–Crippen LogP) is -0.435. The molecule has 6 heteroatoms. The summed E-state index contributed by atoms with van der Waals surface area (Å²) in [4.78, 5) is 0. The van der Waals surface area contributed by atoms with E-state index in [9.17, 15) is 0 Å².